The fourth-order valence-electron chi connectivity index (χ4n) is 0.874. The van der Waals surface area contributed by atoms with Gasteiger partial charge in [0.15, 0.2) is 5.44 Å². The van der Waals surface area contributed by atoms with Crippen LogP contribution in [-0.4, -0.2) is 18.4 Å². The number of rotatable bonds is 4. The minimum Gasteiger partial charge on any atom is -0.355 e. The van der Waals surface area contributed by atoms with Gasteiger partial charge >= 0.3 is 0 Å². The number of hydrogen-bond donors (Lipinski definition) is 1. The molecule has 0 saturated heterocycles. The molecule has 1 N–H and O–H groups in total. The minimum atomic E-state index is -4.10. The van der Waals surface area contributed by atoms with Crippen LogP contribution in [-0.2, 0) is 21.5 Å². The van der Waals surface area contributed by atoms with Crippen molar-refractivity contribution in [2.75, 3.05) is 0 Å². The molecule has 0 aliphatic carbocycles. The van der Waals surface area contributed by atoms with Crippen LogP contribution in [0.25, 0.3) is 0 Å². The van der Waals surface area contributed by atoms with Crippen molar-refractivity contribution in [1.29, 1.82) is 0 Å². The third-order valence-corrected chi connectivity index (χ3v) is 2.72. The van der Waals surface area contributed by atoms with Crippen LogP contribution in [0, 0.1) is 0 Å². The van der Waals surface area contributed by atoms with Gasteiger partial charge in [0.05, 0.1) is 6.61 Å². The van der Waals surface area contributed by atoms with E-state index in [1.807, 2.05) is 30.3 Å². The summed E-state index contributed by atoms with van der Waals surface area (Å²) in [5, 5.41) is 0. The van der Waals surface area contributed by atoms with Gasteiger partial charge in [0.25, 0.3) is 10.1 Å². The lowest BCUT2D eigenvalue weighted by Gasteiger charge is -2.09. The first-order chi connectivity index (χ1) is 6.50. The summed E-state index contributed by atoms with van der Waals surface area (Å²) in [7, 11) is -4.10. The van der Waals surface area contributed by atoms with Crippen LogP contribution >= 0.6 is 0 Å². The first kappa shape index (κ1) is 11.2. The summed E-state index contributed by atoms with van der Waals surface area (Å²) in [4.78, 5) is 0. The molecule has 0 spiro atoms. The van der Waals surface area contributed by atoms with Crippen LogP contribution in [0.1, 0.15) is 12.5 Å². The molecule has 0 aliphatic rings. The van der Waals surface area contributed by atoms with E-state index in [0.29, 0.717) is 0 Å². The number of hydrogen-bond acceptors (Lipinski definition) is 3. The maximum atomic E-state index is 10.6. The van der Waals surface area contributed by atoms with Gasteiger partial charge in [-0.2, -0.15) is 8.42 Å². The van der Waals surface area contributed by atoms with Crippen molar-refractivity contribution in [3.63, 3.8) is 0 Å². The lowest BCUT2D eigenvalue weighted by molar-refractivity contribution is 0.0971. The van der Waals surface area contributed by atoms with E-state index in [1.165, 1.54) is 6.92 Å². The van der Waals surface area contributed by atoms with E-state index in [2.05, 4.69) is 0 Å². The van der Waals surface area contributed by atoms with Crippen molar-refractivity contribution < 1.29 is 17.7 Å². The van der Waals surface area contributed by atoms with Gasteiger partial charge < -0.3 is 4.74 Å². The molecule has 1 aromatic carbocycles. The summed E-state index contributed by atoms with van der Waals surface area (Å²) in [6.45, 7) is 1.46. The fourth-order valence-corrected chi connectivity index (χ4v) is 1.11. The molecule has 0 amide bonds. The molecule has 78 valence electrons. The predicted octanol–water partition coefficient (Wildman–Crippen LogP) is 1.44. The fraction of sp³-hybridized carbons (Fsp3) is 0.333. The monoisotopic (exact) mass is 216 g/mol. The van der Waals surface area contributed by atoms with Crippen molar-refractivity contribution in [2.24, 2.45) is 0 Å². The normalized spacial score (nSPS) is 13.9. The quantitative estimate of drug-likeness (QED) is 0.773. The largest absolute Gasteiger partial charge is 0.355 e. The summed E-state index contributed by atoms with van der Waals surface area (Å²) in [6, 6.07) is 9.15. The Morgan fingerprint density at radius 3 is 2.43 bits per heavy atom. The zero-order valence-corrected chi connectivity index (χ0v) is 8.57. The average molecular weight is 216 g/mol. The maximum Gasteiger partial charge on any atom is 0.291 e. The first-order valence-electron chi connectivity index (χ1n) is 4.12. The van der Waals surface area contributed by atoms with E-state index in [0.717, 1.165) is 5.56 Å². The molecule has 1 unspecified atom stereocenters. The van der Waals surface area contributed by atoms with Gasteiger partial charge in [0, 0.05) is 0 Å². The van der Waals surface area contributed by atoms with Crippen molar-refractivity contribution >= 4 is 10.1 Å². The van der Waals surface area contributed by atoms with Crippen molar-refractivity contribution in [2.45, 2.75) is 19.0 Å². The highest BCUT2D eigenvalue weighted by atomic mass is 32.2. The molecule has 0 aliphatic heterocycles. The van der Waals surface area contributed by atoms with Crippen LogP contribution in [0.5, 0.6) is 0 Å². The van der Waals surface area contributed by atoms with E-state index in [1.54, 1.807) is 0 Å². The SMILES string of the molecule is CC(OCc1ccccc1)S(=O)(=O)O. The van der Waals surface area contributed by atoms with Crippen LogP contribution in [0.3, 0.4) is 0 Å². The Kier molecular flexibility index (Phi) is 3.62. The highest BCUT2D eigenvalue weighted by Crippen LogP contribution is 2.06. The van der Waals surface area contributed by atoms with Crippen LogP contribution < -0.4 is 0 Å². The van der Waals surface area contributed by atoms with E-state index in [4.69, 9.17) is 9.29 Å². The molecule has 0 aromatic heterocycles. The van der Waals surface area contributed by atoms with Gasteiger partial charge in [-0.15, -0.1) is 0 Å². The molecule has 1 atom stereocenters. The number of ether oxygens (including phenoxy) is 1. The smallest absolute Gasteiger partial charge is 0.291 e. The Hall–Kier alpha value is -0.910. The summed E-state index contributed by atoms with van der Waals surface area (Å²) in [5.74, 6) is 0. The maximum absolute atomic E-state index is 10.6. The standard InChI is InChI=1S/C9H12O4S/c1-8(14(10,11)12)13-7-9-5-3-2-4-6-9/h2-6,8H,7H2,1H3,(H,10,11,12). The molecule has 4 nitrogen and oxygen atoms in total. The topological polar surface area (TPSA) is 63.6 Å². The van der Waals surface area contributed by atoms with Gasteiger partial charge in [-0.25, -0.2) is 0 Å². The molecule has 0 bridgehead atoms. The highest BCUT2D eigenvalue weighted by molar-refractivity contribution is 7.86. The molecule has 1 aromatic rings. The zero-order valence-electron chi connectivity index (χ0n) is 7.75. The Balaban J connectivity index is 2.50. The molecule has 0 fully saturated rings. The Morgan fingerprint density at radius 2 is 1.93 bits per heavy atom. The molecular formula is C9H12O4S. The molecule has 0 saturated carbocycles. The third-order valence-electron chi connectivity index (χ3n) is 1.75. The second-order valence-corrected chi connectivity index (χ2v) is 4.57. The van der Waals surface area contributed by atoms with E-state index in [9.17, 15) is 8.42 Å². The zero-order chi connectivity index (χ0) is 10.6. The molecule has 14 heavy (non-hydrogen) atoms. The predicted molar refractivity (Wildman–Crippen MR) is 52.2 cm³/mol. The van der Waals surface area contributed by atoms with Crippen molar-refractivity contribution in [1.82, 2.24) is 0 Å². The van der Waals surface area contributed by atoms with Crippen molar-refractivity contribution in [3.05, 3.63) is 35.9 Å². The van der Waals surface area contributed by atoms with E-state index in [-0.39, 0.29) is 6.61 Å². The van der Waals surface area contributed by atoms with Crippen molar-refractivity contribution in [3.8, 4) is 0 Å². The first-order valence-corrected chi connectivity index (χ1v) is 5.62. The molecular weight excluding hydrogens is 204 g/mol. The molecule has 1 rings (SSSR count). The summed E-state index contributed by atoms with van der Waals surface area (Å²) >= 11 is 0. The molecule has 0 radical (unpaired) electrons. The molecule has 5 heteroatoms. The lowest BCUT2D eigenvalue weighted by Crippen LogP contribution is -2.19. The van der Waals surface area contributed by atoms with Gasteiger partial charge in [0.2, 0.25) is 0 Å². The van der Waals surface area contributed by atoms with Crippen LogP contribution in [0.15, 0.2) is 30.3 Å². The minimum absolute atomic E-state index is 0.168. The van der Waals surface area contributed by atoms with Gasteiger partial charge in [-0.05, 0) is 12.5 Å². The van der Waals surface area contributed by atoms with Crippen LogP contribution in [0.2, 0.25) is 0 Å². The van der Waals surface area contributed by atoms with E-state index >= 15 is 0 Å². The Morgan fingerprint density at radius 1 is 1.36 bits per heavy atom. The number of benzene rings is 1. The Labute approximate surface area is 83.3 Å². The summed E-state index contributed by atoms with van der Waals surface area (Å²) in [5.41, 5.74) is -0.328. The molecule has 0 heterocycles. The Bertz CT molecular complexity index is 371. The van der Waals surface area contributed by atoms with Gasteiger partial charge in [0.1, 0.15) is 0 Å². The second-order valence-electron chi connectivity index (χ2n) is 2.88. The lowest BCUT2D eigenvalue weighted by atomic mass is 10.2. The summed E-state index contributed by atoms with van der Waals surface area (Å²) in [6.07, 6.45) is 0. The van der Waals surface area contributed by atoms with E-state index < -0.39 is 15.6 Å². The highest BCUT2D eigenvalue weighted by Gasteiger charge is 2.17. The average Bonchev–Trinajstić information content (AvgIpc) is 2.14. The summed E-state index contributed by atoms with van der Waals surface area (Å²) < 4.78 is 34.7. The third kappa shape index (κ3) is 3.45. The van der Waals surface area contributed by atoms with Gasteiger partial charge in [-0.1, -0.05) is 30.3 Å². The second kappa shape index (κ2) is 4.54. The van der Waals surface area contributed by atoms with Gasteiger partial charge in [-0.3, -0.25) is 4.55 Å². The van der Waals surface area contributed by atoms with Crippen LogP contribution in [0.4, 0.5) is 0 Å².